The number of nitrogens with zero attached hydrogens (tertiary/aromatic N) is 2. The monoisotopic (exact) mass is 696 g/mol. The molecule has 2 heteroatoms. The first-order valence-corrected chi connectivity index (χ1v) is 19.4. The zero-order valence-corrected chi connectivity index (χ0v) is 31.3. The van der Waals surface area contributed by atoms with Gasteiger partial charge in [-0.1, -0.05) is 136 Å². The quantitative estimate of drug-likeness (QED) is 0.131. The topological polar surface area (TPSA) is 6.48 Å². The van der Waals surface area contributed by atoms with E-state index in [4.69, 9.17) is 0 Å². The Hall–Kier alpha value is -6.38. The summed E-state index contributed by atoms with van der Waals surface area (Å²) in [4.78, 5) is 4.89. The van der Waals surface area contributed by atoms with Gasteiger partial charge in [0, 0.05) is 39.1 Å². The second-order valence-electron chi connectivity index (χ2n) is 14.2. The minimum Gasteiger partial charge on any atom is -0.310 e. The average molecular weight is 697 g/mol. The summed E-state index contributed by atoms with van der Waals surface area (Å²) in [5, 5.41) is 7.53. The zero-order valence-electron chi connectivity index (χ0n) is 31.3. The predicted octanol–water partition coefficient (Wildman–Crippen LogP) is 14.9. The molecule has 0 saturated carbocycles. The van der Waals surface area contributed by atoms with Gasteiger partial charge in [0.1, 0.15) is 0 Å². The molecule has 54 heavy (non-hydrogen) atoms. The highest BCUT2D eigenvalue weighted by molar-refractivity contribution is 6.29. The van der Waals surface area contributed by atoms with Crippen molar-refractivity contribution in [1.82, 2.24) is 0 Å². The van der Waals surface area contributed by atoms with Crippen LogP contribution in [0.5, 0.6) is 0 Å². The molecule has 0 saturated heterocycles. The van der Waals surface area contributed by atoms with Gasteiger partial charge in [0.15, 0.2) is 0 Å². The van der Waals surface area contributed by atoms with Crippen molar-refractivity contribution < 1.29 is 0 Å². The molecule has 262 valence electrons. The Morgan fingerprint density at radius 3 is 1.39 bits per heavy atom. The summed E-state index contributed by atoms with van der Waals surface area (Å²) in [6.45, 7) is 6.65. The van der Waals surface area contributed by atoms with Crippen molar-refractivity contribution in [3.8, 4) is 11.1 Å². The number of aryl methyl sites for hydroxylation is 3. The Balaban J connectivity index is 1.37. The van der Waals surface area contributed by atoms with Crippen LogP contribution in [0.2, 0.25) is 0 Å². The highest BCUT2D eigenvalue weighted by Crippen LogP contribution is 2.51. The Morgan fingerprint density at radius 1 is 0.370 bits per heavy atom. The zero-order chi connectivity index (χ0) is 36.6. The minimum absolute atomic E-state index is 1.00. The SMILES string of the molecule is CCc1ccc(-c2cc3ccc4c(N(c5ccccc5)c5ccc(CC)cc5)ccc5ccc(c2N(c2ccccc2)c2ccc(CC)cc2)c3c54)cc1. The van der Waals surface area contributed by atoms with Crippen molar-refractivity contribution in [1.29, 1.82) is 0 Å². The van der Waals surface area contributed by atoms with Crippen LogP contribution in [0.3, 0.4) is 0 Å². The summed E-state index contributed by atoms with van der Waals surface area (Å²) < 4.78 is 0. The lowest BCUT2D eigenvalue weighted by Gasteiger charge is -2.31. The molecule has 0 spiro atoms. The van der Waals surface area contributed by atoms with E-state index in [1.54, 1.807) is 0 Å². The number of hydrogen-bond donors (Lipinski definition) is 0. The van der Waals surface area contributed by atoms with Crippen LogP contribution in [0.4, 0.5) is 34.1 Å². The molecule has 0 aromatic heterocycles. The van der Waals surface area contributed by atoms with E-state index in [1.165, 1.54) is 71.5 Å². The average Bonchev–Trinajstić information content (AvgIpc) is 3.25. The van der Waals surface area contributed by atoms with Crippen molar-refractivity contribution in [2.24, 2.45) is 0 Å². The molecule has 0 aliphatic rings. The maximum atomic E-state index is 2.47. The van der Waals surface area contributed by atoms with E-state index in [-0.39, 0.29) is 0 Å². The second-order valence-corrected chi connectivity index (χ2v) is 14.2. The van der Waals surface area contributed by atoms with Crippen molar-refractivity contribution in [2.45, 2.75) is 40.0 Å². The maximum absolute atomic E-state index is 2.47. The molecule has 0 unspecified atom stereocenters. The third-order valence-corrected chi connectivity index (χ3v) is 11.1. The van der Waals surface area contributed by atoms with Crippen LogP contribution >= 0.6 is 0 Å². The van der Waals surface area contributed by atoms with Gasteiger partial charge in [-0.05, 0) is 124 Å². The molecule has 0 amide bonds. The molecule has 0 bridgehead atoms. The van der Waals surface area contributed by atoms with Crippen LogP contribution in [-0.4, -0.2) is 0 Å². The fraction of sp³-hybridized carbons (Fsp3) is 0.115. The van der Waals surface area contributed by atoms with Crippen LogP contribution in [0.15, 0.2) is 176 Å². The first-order chi connectivity index (χ1) is 26.6. The van der Waals surface area contributed by atoms with E-state index in [0.29, 0.717) is 0 Å². The summed E-state index contributed by atoms with van der Waals surface area (Å²) in [6.07, 6.45) is 3.03. The first-order valence-electron chi connectivity index (χ1n) is 19.4. The summed E-state index contributed by atoms with van der Waals surface area (Å²) in [6, 6.07) is 65.4. The Morgan fingerprint density at radius 2 is 0.815 bits per heavy atom. The van der Waals surface area contributed by atoms with Crippen LogP contribution in [0, 0.1) is 0 Å². The highest BCUT2D eigenvalue weighted by atomic mass is 15.2. The molecule has 0 fully saturated rings. The van der Waals surface area contributed by atoms with Gasteiger partial charge >= 0.3 is 0 Å². The van der Waals surface area contributed by atoms with Gasteiger partial charge in [-0.15, -0.1) is 0 Å². The van der Waals surface area contributed by atoms with Gasteiger partial charge in [0.05, 0.1) is 11.4 Å². The smallest absolute Gasteiger partial charge is 0.0619 e. The Bertz CT molecular complexity index is 2680. The molecule has 2 nitrogen and oxygen atoms in total. The molecule has 9 rings (SSSR count). The van der Waals surface area contributed by atoms with Crippen LogP contribution < -0.4 is 9.80 Å². The normalized spacial score (nSPS) is 11.5. The standard InChI is InChI=1S/C52H44N2/c1-4-36-17-23-39(24-18-36)48-35-41-26-32-46-49(53(42-13-9-7-10-14-42)44-28-19-37(5-2)20-29-44)34-27-40-25-33-47(51(41)50(40)46)52(48)54(43-15-11-8-12-16-43)45-30-21-38(6-3)22-31-45/h7-35H,4-6H2,1-3H3. The second kappa shape index (κ2) is 14.2. The van der Waals surface area contributed by atoms with Gasteiger partial charge < -0.3 is 9.80 Å². The van der Waals surface area contributed by atoms with Crippen LogP contribution in [0.1, 0.15) is 37.5 Å². The van der Waals surface area contributed by atoms with Crippen molar-refractivity contribution in [3.63, 3.8) is 0 Å². The van der Waals surface area contributed by atoms with Gasteiger partial charge in [-0.2, -0.15) is 0 Å². The fourth-order valence-electron chi connectivity index (χ4n) is 8.17. The molecular formula is C52H44N2. The summed E-state index contributed by atoms with van der Waals surface area (Å²) in [7, 11) is 0. The van der Waals surface area contributed by atoms with Crippen molar-refractivity contribution in [3.05, 3.63) is 193 Å². The molecule has 0 N–H and O–H groups in total. The molecule has 9 aromatic rings. The lowest BCUT2D eigenvalue weighted by Crippen LogP contribution is -2.12. The van der Waals surface area contributed by atoms with Gasteiger partial charge in [0.2, 0.25) is 0 Å². The third-order valence-electron chi connectivity index (χ3n) is 11.1. The minimum atomic E-state index is 1.00. The van der Waals surface area contributed by atoms with Crippen LogP contribution in [0.25, 0.3) is 43.4 Å². The first kappa shape index (κ1) is 33.5. The van der Waals surface area contributed by atoms with Gasteiger partial charge in [-0.3, -0.25) is 0 Å². The molecule has 0 heterocycles. The van der Waals surface area contributed by atoms with Crippen LogP contribution in [-0.2, 0) is 19.3 Å². The fourth-order valence-corrected chi connectivity index (χ4v) is 8.17. The molecule has 9 aromatic carbocycles. The molecule has 0 aliphatic heterocycles. The van der Waals surface area contributed by atoms with E-state index in [9.17, 15) is 0 Å². The summed E-state index contributed by atoms with van der Waals surface area (Å²) >= 11 is 0. The third kappa shape index (κ3) is 5.85. The van der Waals surface area contributed by atoms with E-state index < -0.39 is 0 Å². The van der Waals surface area contributed by atoms with E-state index in [1.807, 2.05) is 0 Å². The number of anilines is 6. The van der Waals surface area contributed by atoms with Crippen molar-refractivity contribution >= 4 is 66.4 Å². The molecular weight excluding hydrogens is 653 g/mol. The van der Waals surface area contributed by atoms with Gasteiger partial charge in [0.25, 0.3) is 0 Å². The molecule has 0 atom stereocenters. The summed E-state index contributed by atoms with van der Waals surface area (Å²) in [5.41, 5.74) is 13.4. The van der Waals surface area contributed by atoms with Crippen molar-refractivity contribution in [2.75, 3.05) is 9.80 Å². The number of rotatable bonds is 10. The molecule has 0 radical (unpaired) electrons. The number of benzene rings is 9. The Labute approximate surface area is 318 Å². The lowest BCUT2D eigenvalue weighted by atomic mass is 9.88. The van der Waals surface area contributed by atoms with Gasteiger partial charge in [-0.25, -0.2) is 0 Å². The molecule has 0 aliphatic carbocycles. The number of hydrogen-bond acceptors (Lipinski definition) is 2. The van der Waals surface area contributed by atoms with E-state index in [2.05, 4.69) is 206 Å². The summed E-state index contributed by atoms with van der Waals surface area (Å²) in [5.74, 6) is 0. The van der Waals surface area contributed by atoms with E-state index >= 15 is 0 Å². The largest absolute Gasteiger partial charge is 0.310 e. The number of para-hydroxylation sites is 2. The van der Waals surface area contributed by atoms with E-state index in [0.717, 1.165) is 42.0 Å². The maximum Gasteiger partial charge on any atom is 0.0619 e. The Kier molecular flexibility index (Phi) is 8.81. The lowest BCUT2D eigenvalue weighted by molar-refractivity contribution is 1.14. The predicted molar refractivity (Wildman–Crippen MR) is 233 cm³/mol. The highest BCUT2D eigenvalue weighted by Gasteiger charge is 2.25.